The van der Waals surface area contributed by atoms with E-state index in [1.165, 1.54) is 12.1 Å². The van der Waals surface area contributed by atoms with Crippen LogP contribution in [0.15, 0.2) is 36.4 Å². The Morgan fingerprint density at radius 2 is 2.04 bits per heavy atom. The first kappa shape index (κ1) is 15.4. The summed E-state index contributed by atoms with van der Waals surface area (Å²) in [5.74, 6) is 0.448. The van der Waals surface area contributed by atoms with Crippen molar-refractivity contribution in [3.8, 4) is 6.07 Å². The first-order valence-corrected chi connectivity index (χ1v) is 7.31. The van der Waals surface area contributed by atoms with Gasteiger partial charge in [0.2, 0.25) is 0 Å². The summed E-state index contributed by atoms with van der Waals surface area (Å²) in [6.45, 7) is 4.02. The zero-order valence-electron chi connectivity index (χ0n) is 13.2. The molecule has 0 spiro atoms. The molecular formula is C18H14N4O2. The number of imidazole rings is 1. The number of hydrogen-bond donors (Lipinski definition) is 1. The van der Waals surface area contributed by atoms with Crippen molar-refractivity contribution in [3.05, 3.63) is 69.0 Å². The van der Waals surface area contributed by atoms with Crippen LogP contribution in [0, 0.1) is 35.3 Å². The summed E-state index contributed by atoms with van der Waals surface area (Å²) in [6.07, 6.45) is 1.59. The van der Waals surface area contributed by atoms with E-state index >= 15 is 0 Å². The van der Waals surface area contributed by atoms with E-state index < -0.39 is 4.92 Å². The molecule has 1 aromatic heterocycles. The number of nitrogens with zero attached hydrogens (tertiary/aromatic N) is 3. The lowest BCUT2D eigenvalue weighted by atomic mass is 10.1. The molecule has 6 heteroatoms. The summed E-state index contributed by atoms with van der Waals surface area (Å²) in [5, 5.41) is 20.3. The molecule has 6 nitrogen and oxygen atoms in total. The molecule has 118 valence electrons. The van der Waals surface area contributed by atoms with Gasteiger partial charge in [-0.2, -0.15) is 5.26 Å². The Morgan fingerprint density at radius 1 is 1.29 bits per heavy atom. The van der Waals surface area contributed by atoms with E-state index in [0.717, 1.165) is 22.2 Å². The lowest BCUT2D eigenvalue weighted by molar-refractivity contribution is -0.384. The minimum Gasteiger partial charge on any atom is -0.337 e. The largest absolute Gasteiger partial charge is 0.337 e. The summed E-state index contributed by atoms with van der Waals surface area (Å²) in [6, 6.07) is 12.2. The molecule has 0 bridgehead atoms. The second-order valence-electron chi connectivity index (χ2n) is 5.56. The Morgan fingerprint density at radius 3 is 2.75 bits per heavy atom. The second kappa shape index (κ2) is 5.97. The number of nitrogens with one attached hydrogen (secondary N) is 1. The molecule has 0 amide bonds. The minimum atomic E-state index is -0.462. The normalized spacial score (nSPS) is 11.5. The molecule has 0 atom stereocenters. The fourth-order valence-corrected chi connectivity index (χ4v) is 2.45. The van der Waals surface area contributed by atoms with Gasteiger partial charge in [-0.3, -0.25) is 10.1 Å². The van der Waals surface area contributed by atoms with Crippen molar-refractivity contribution < 1.29 is 4.92 Å². The van der Waals surface area contributed by atoms with Crippen LogP contribution in [0.2, 0.25) is 0 Å². The molecule has 0 radical (unpaired) electrons. The SMILES string of the molecule is Cc1cc2nc(/C(C#N)=C\c3cccc([N+](=O)[O-])c3)[nH]c2cc1C. The number of nitro groups is 1. The fourth-order valence-electron chi connectivity index (χ4n) is 2.45. The van der Waals surface area contributed by atoms with Crippen molar-refractivity contribution in [2.75, 3.05) is 0 Å². The molecule has 2 aromatic carbocycles. The highest BCUT2D eigenvalue weighted by molar-refractivity contribution is 5.90. The van der Waals surface area contributed by atoms with E-state index in [0.29, 0.717) is 17.0 Å². The number of aromatic nitrogens is 2. The maximum absolute atomic E-state index is 10.9. The van der Waals surface area contributed by atoms with Crippen molar-refractivity contribution in [3.63, 3.8) is 0 Å². The highest BCUT2D eigenvalue weighted by Gasteiger charge is 2.10. The number of allylic oxidation sites excluding steroid dienone is 1. The fraction of sp³-hybridized carbons (Fsp3) is 0.111. The van der Waals surface area contributed by atoms with Crippen molar-refractivity contribution in [1.82, 2.24) is 9.97 Å². The van der Waals surface area contributed by atoms with Gasteiger partial charge in [-0.05, 0) is 48.7 Å². The summed E-state index contributed by atoms with van der Waals surface area (Å²) in [7, 11) is 0. The Hall–Kier alpha value is -3.46. The van der Waals surface area contributed by atoms with E-state index in [2.05, 4.69) is 16.0 Å². The van der Waals surface area contributed by atoms with Crippen molar-refractivity contribution in [2.24, 2.45) is 0 Å². The van der Waals surface area contributed by atoms with E-state index in [4.69, 9.17) is 0 Å². The Balaban J connectivity index is 2.07. The number of rotatable bonds is 3. The molecule has 0 aliphatic heterocycles. The van der Waals surface area contributed by atoms with E-state index in [1.807, 2.05) is 26.0 Å². The molecule has 0 fully saturated rings. The molecule has 0 saturated carbocycles. The Labute approximate surface area is 138 Å². The molecule has 0 aliphatic carbocycles. The van der Waals surface area contributed by atoms with E-state index in [1.54, 1.807) is 18.2 Å². The zero-order chi connectivity index (χ0) is 17.3. The number of nitro benzene ring substituents is 1. The summed E-state index contributed by atoms with van der Waals surface area (Å²) >= 11 is 0. The third kappa shape index (κ3) is 2.88. The van der Waals surface area contributed by atoms with Crippen LogP contribution in [-0.2, 0) is 0 Å². The molecule has 0 unspecified atom stereocenters. The van der Waals surface area contributed by atoms with Gasteiger partial charge in [-0.1, -0.05) is 12.1 Å². The van der Waals surface area contributed by atoms with Crippen LogP contribution in [0.1, 0.15) is 22.5 Å². The lowest BCUT2D eigenvalue weighted by Crippen LogP contribution is -1.89. The highest BCUT2D eigenvalue weighted by Crippen LogP contribution is 2.23. The molecule has 1 N–H and O–H groups in total. The number of nitriles is 1. The number of H-pyrrole nitrogens is 1. The van der Waals surface area contributed by atoms with Gasteiger partial charge in [-0.25, -0.2) is 4.98 Å². The Kier molecular flexibility index (Phi) is 3.84. The van der Waals surface area contributed by atoms with Gasteiger partial charge in [0, 0.05) is 12.1 Å². The highest BCUT2D eigenvalue weighted by atomic mass is 16.6. The van der Waals surface area contributed by atoms with Crippen LogP contribution in [0.5, 0.6) is 0 Å². The first-order chi connectivity index (χ1) is 11.5. The molecule has 0 saturated heterocycles. The number of aryl methyl sites for hydroxylation is 2. The van der Waals surface area contributed by atoms with Crippen molar-refractivity contribution in [1.29, 1.82) is 5.26 Å². The van der Waals surface area contributed by atoms with Crippen molar-refractivity contribution in [2.45, 2.75) is 13.8 Å². The second-order valence-corrected chi connectivity index (χ2v) is 5.56. The van der Waals surface area contributed by atoms with Crippen molar-refractivity contribution >= 4 is 28.4 Å². The molecule has 3 rings (SSSR count). The number of benzene rings is 2. The van der Waals surface area contributed by atoms with Gasteiger partial charge >= 0.3 is 0 Å². The maximum Gasteiger partial charge on any atom is 0.270 e. The predicted octanol–water partition coefficient (Wildman–Crippen LogP) is 4.15. The van der Waals surface area contributed by atoms with Gasteiger partial charge in [0.1, 0.15) is 11.9 Å². The van der Waals surface area contributed by atoms with Crippen LogP contribution >= 0.6 is 0 Å². The van der Waals surface area contributed by atoms with Crippen LogP contribution in [0.3, 0.4) is 0 Å². The van der Waals surface area contributed by atoms with Gasteiger partial charge < -0.3 is 4.98 Å². The third-order valence-electron chi connectivity index (χ3n) is 3.86. The summed E-state index contributed by atoms with van der Waals surface area (Å²) in [5.41, 5.74) is 4.79. The average Bonchev–Trinajstić information content (AvgIpc) is 2.95. The average molecular weight is 318 g/mol. The van der Waals surface area contributed by atoms with Gasteiger partial charge in [0.25, 0.3) is 5.69 Å². The first-order valence-electron chi connectivity index (χ1n) is 7.31. The number of non-ortho nitro benzene ring substituents is 1. The Bertz CT molecular complexity index is 986. The third-order valence-corrected chi connectivity index (χ3v) is 3.86. The quantitative estimate of drug-likeness (QED) is 0.445. The zero-order valence-corrected chi connectivity index (χ0v) is 13.2. The molecule has 24 heavy (non-hydrogen) atoms. The van der Waals surface area contributed by atoms with Crippen LogP contribution in [0.4, 0.5) is 5.69 Å². The summed E-state index contributed by atoms with van der Waals surface area (Å²) in [4.78, 5) is 18.0. The number of aromatic amines is 1. The molecular weight excluding hydrogens is 304 g/mol. The van der Waals surface area contributed by atoms with Gasteiger partial charge in [0.15, 0.2) is 0 Å². The van der Waals surface area contributed by atoms with Gasteiger partial charge in [0.05, 0.1) is 21.5 Å². The molecule has 0 aliphatic rings. The lowest BCUT2D eigenvalue weighted by Gasteiger charge is -1.97. The topological polar surface area (TPSA) is 95.6 Å². The molecule has 3 aromatic rings. The van der Waals surface area contributed by atoms with Crippen LogP contribution in [0.25, 0.3) is 22.7 Å². The number of fused-ring (bicyclic) bond motifs is 1. The van der Waals surface area contributed by atoms with Crippen LogP contribution < -0.4 is 0 Å². The smallest absolute Gasteiger partial charge is 0.270 e. The summed E-state index contributed by atoms with van der Waals surface area (Å²) < 4.78 is 0. The number of hydrogen-bond acceptors (Lipinski definition) is 4. The standard InChI is InChI=1S/C18H14N4O2/c1-11-6-16-17(7-12(11)2)21-18(20-16)14(10-19)8-13-4-3-5-15(9-13)22(23)24/h3-9H,1-2H3,(H,20,21)/b14-8-. The van der Waals surface area contributed by atoms with E-state index in [-0.39, 0.29) is 5.69 Å². The minimum absolute atomic E-state index is 0.0168. The van der Waals surface area contributed by atoms with Gasteiger partial charge in [-0.15, -0.1) is 0 Å². The maximum atomic E-state index is 10.9. The monoisotopic (exact) mass is 318 g/mol. The predicted molar refractivity (Wildman–Crippen MR) is 92.1 cm³/mol. The molecule has 1 heterocycles. The van der Waals surface area contributed by atoms with E-state index in [9.17, 15) is 15.4 Å². The van der Waals surface area contributed by atoms with Crippen LogP contribution in [-0.4, -0.2) is 14.9 Å².